The van der Waals surface area contributed by atoms with Crippen molar-refractivity contribution in [3.8, 4) is 0 Å². The van der Waals surface area contributed by atoms with Crippen LogP contribution in [0.2, 0.25) is 0 Å². The number of esters is 1. The summed E-state index contributed by atoms with van der Waals surface area (Å²) >= 11 is 0. The Morgan fingerprint density at radius 3 is 2.73 bits per heavy atom. The number of carbonyl (C=O) groups is 1. The minimum absolute atomic E-state index is 0.0497. The van der Waals surface area contributed by atoms with E-state index in [1.54, 1.807) is 0 Å². The topological polar surface area (TPSA) is 26.3 Å². The van der Waals surface area contributed by atoms with Crippen molar-refractivity contribution in [3.63, 3.8) is 0 Å². The van der Waals surface area contributed by atoms with Gasteiger partial charge in [-0.2, -0.15) is 0 Å². The van der Waals surface area contributed by atoms with Gasteiger partial charge >= 0.3 is 5.97 Å². The third-order valence-corrected chi connectivity index (χ3v) is 3.31. The quantitative estimate of drug-likeness (QED) is 0.514. The minimum Gasteiger partial charge on any atom is -0.469 e. The van der Waals surface area contributed by atoms with Gasteiger partial charge in [-0.15, -0.1) is 0 Å². The molecule has 0 aromatic heterocycles. The monoisotopic (exact) mass is 210 g/mol. The molecule has 1 saturated carbocycles. The van der Waals surface area contributed by atoms with Crippen molar-refractivity contribution >= 4 is 5.97 Å². The SMILES string of the molecule is CC/C=C/CC1CCCC1CC(=O)OC. The molecule has 0 aromatic carbocycles. The second-order valence-electron chi connectivity index (χ2n) is 4.35. The van der Waals surface area contributed by atoms with E-state index in [0.29, 0.717) is 18.3 Å². The van der Waals surface area contributed by atoms with Crippen LogP contribution < -0.4 is 0 Å². The summed E-state index contributed by atoms with van der Waals surface area (Å²) < 4.78 is 4.73. The average molecular weight is 210 g/mol. The van der Waals surface area contributed by atoms with E-state index in [9.17, 15) is 4.79 Å². The molecule has 2 nitrogen and oxygen atoms in total. The second-order valence-corrected chi connectivity index (χ2v) is 4.35. The molecule has 1 rings (SSSR count). The smallest absolute Gasteiger partial charge is 0.305 e. The molecule has 0 radical (unpaired) electrons. The summed E-state index contributed by atoms with van der Waals surface area (Å²) in [5.74, 6) is 1.21. The van der Waals surface area contributed by atoms with Gasteiger partial charge in [-0.05, 0) is 37.5 Å². The molecule has 0 aromatic rings. The highest BCUT2D eigenvalue weighted by Gasteiger charge is 2.28. The Balaban J connectivity index is 2.35. The van der Waals surface area contributed by atoms with E-state index in [2.05, 4.69) is 19.1 Å². The molecule has 1 aliphatic rings. The van der Waals surface area contributed by atoms with Crippen LogP contribution in [-0.2, 0) is 9.53 Å². The molecular formula is C13H22O2. The fourth-order valence-corrected chi connectivity index (χ4v) is 2.43. The van der Waals surface area contributed by atoms with Gasteiger partial charge in [-0.25, -0.2) is 0 Å². The average Bonchev–Trinajstić information content (AvgIpc) is 2.66. The van der Waals surface area contributed by atoms with Crippen LogP contribution >= 0.6 is 0 Å². The molecular weight excluding hydrogens is 188 g/mol. The van der Waals surface area contributed by atoms with Crippen LogP contribution in [0.3, 0.4) is 0 Å². The van der Waals surface area contributed by atoms with Crippen LogP contribution in [0.25, 0.3) is 0 Å². The first-order valence-corrected chi connectivity index (χ1v) is 5.99. The van der Waals surface area contributed by atoms with Crippen molar-refractivity contribution in [2.45, 2.75) is 45.4 Å². The normalized spacial score (nSPS) is 26.0. The Morgan fingerprint density at radius 2 is 2.07 bits per heavy atom. The van der Waals surface area contributed by atoms with Gasteiger partial charge in [0.1, 0.15) is 0 Å². The molecule has 86 valence electrons. The van der Waals surface area contributed by atoms with Crippen molar-refractivity contribution in [3.05, 3.63) is 12.2 Å². The Morgan fingerprint density at radius 1 is 1.33 bits per heavy atom. The molecule has 15 heavy (non-hydrogen) atoms. The Hall–Kier alpha value is -0.790. The van der Waals surface area contributed by atoms with Gasteiger partial charge in [0.05, 0.1) is 7.11 Å². The lowest BCUT2D eigenvalue weighted by molar-refractivity contribution is -0.142. The molecule has 2 atom stereocenters. The molecule has 1 aliphatic carbocycles. The largest absolute Gasteiger partial charge is 0.469 e. The number of carbonyl (C=O) groups excluding carboxylic acids is 1. The first kappa shape index (κ1) is 12.3. The zero-order chi connectivity index (χ0) is 11.1. The maximum atomic E-state index is 11.2. The summed E-state index contributed by atoms with van der Waals surface area (Å²) in [6, 6.07) is 0. The summed E-state index contributed by atoms with van der Waals surface area (Å²) in [6.07, 6.45) is 11.1. The zero-order valence-corrected chi connectivity index (χ0v) is 9.87. The molecule has 0 aliphatic heterocycles. The van der Waals surface area contributed by atoms with Crippen LogP contribution in [0.4, 0.5) is 0 Å². The Labute approximate surface area is 92.7 Å². The van der Waals surface area contributed by atoms with Gasteiger partial charge in [0.15, 0.2) is 0 Å². The lowest BCUT2D eigenvalue weighted by atomic mass is 9.90. The molecule has 0 amide bonds. The van der Waals surface area contributed by atoms with Gasteiger partial charge in [-0.3, -0.25) is 4.79 Å². The van der Waals surface area contributed by atoms with E-state index in [1.165, 1.54) is 26.4 Å². The lowest BCUT2D eigenvalue weighted by Gasteiger charge is -2.16. The van der Waals surface area contributed by atoms with E-state index >= 15 is 0 Å². The Kier molecular flexibility index (Phi) is 5.44. The highest BCUT2D eigenvalue weighted by atomic mass is 16.5. The van der Waals surface area contributed by atoms with Gasteiger partial charge in [0.2, 0.25) is 0 Å². The van der Waals surface area contributed by atoms with Crippen LogP contribution in [0, 0.1) is 11.8 Å². The maximum absolute atomic E-state index is 11.2. The number of methoxy groups -OCH3 is 1. The molecule has 0 bridgehead atoms. The predicted molar refractivity (Wildman–Crippen MR) is 61.5 cm³/mol. The predicted octanol–water partition coefficient (Wildman–Crippen LogP) is 3.32. The Bertz CT molecular complexity index is 221. The molecule has 0 spiro atoms. The van der Waals surface area contributed by atoms with Crippen molar-refractivity contribution < 1.29 is 9.53 Å². The first-order valence-electron chi connectivity index (χ1n) is 5.99. The fourth-order valence-electron chi connectivity index (χ4n) is 2.43. The second kappa shape index (κ2) is 6.65. The van der Waals surface area contributed by atoms with Gasteiger partial charge in [0, 0.05) is 6.42 Å². The molecule has 0 N–H and O–H groups in total. The maximum Gasteiger partial charge on any atom is 0.305 e. The van der Waals surface area contributed by atoms with E-state index in [4.69, 9.17) is 4.74 Å². The summed E-state index contributed by atoms with van der Waals surface area (Å²) in [4.78, 5) is 11.2. The number of rotatable bonds is 5. The van der Waals surface area contributed by atoms with Gasteiger partial charge in [0.25, 0.3) is 0 Å². The van der Waals surface area contributed by atoms with Crippen LogP contribution in [0.15, 0.2) is 12.2 Å². The van der Waals surface area contributed by atoms with E-state index in [0.717, 1.165) is 12.8 Å². The molecule has 2 heteroatoms. The van der Waals surface area contributed by atoms with Crippen LogP contribution in [0.5, 0.6) is 0 Å². The number of hydrogen-bond donors (Lipinski definition) is 0. The van der Waals surface area contributed by atoms with Crippen LogP contribution in [-0.4, -0.2) is 13.1 Å². The summed E-state index contributed by atoms with van der Waals surface area (Å²) in [7, 11) is 1.48. The highest BCUT2D eigenvalue weighted by Crippen LogP contribution is 2.36. The molecule has 0 heterocycles. The molecule has 2 unspecified atom stereocenters. The van der Waals surface area contributed by atoms with Crippen molar-refractivity contribution in [1.82, 2.24) is 0 Å². The standard InChI is InChI=1S/C13H22O2/c1-3-4-5-7-11-8-6-9-12(11)10-13(14)15-2/h4-5,11-12H,3,6-10H2,1-2H3/b5-4+. The lowest BCUT2D eigenvalue weighted by Crippen LogP contribution is -2.13. The summed E-state index contributed by atoms with van der Waals surface area (Å²) in [5, 5.41) is 0. The molecule has 0 saturated heterocycles. The van der Waals surface area contributed by atoms with Gasteiger partial charge < -0.3 is 4.74 Å². The van der Waals surface area contributed by atoms with Crippen molar-refractivity contribution in [2.24, 2.45) is 11.8 Å². The van der Waals surface area contributed by atoms with E-state index < -0.39 is 0 Å². The third-order valence-electron chi connectivity index (χ3n) is 3.31. The number of ether oxygens (including phenoxy) is 1. The van der Waals surface area contributed by atoms with Crippen molar-refractivity contribution in [1.29, 1.82) is 0 Å². The van der Waals surface area contributed by atoms with E-state index in [1.807, 2.05) is 0 Å². The first-order chi connectivity index (χ1) is 7.27. The minimum atomic E-state index is -0.0497. The number of allylic oxidation sites excluding steroid dienone is 2. The van der Waals surface area contributed by atoms with Crippen molar-refractivity contribution in [2.75, 3.05) is 7.11 Å². The van der Waals surface area contributed by atoms with E-state index in [-0.39, 0.29) is 5.97 Å². The molecule has 1 fully saturated rings. The highest BCUT2D eigenvalue weighted by molar-refractivity contribution is 5.69. The third kappa shape index (κ3) is 4.06. The zero-order valence-electron chi connectivity index (χ0n) is 9.87. The van der Waals surface area contributed by atoms with Crippen LogP contribution in [0.1, 0.15) is 45.4 Å². The van der Waals surface area contributed by atoms with Gasteiger partial charge in [-0.1, -0.05) is 25.5 Å². The summed E-state index contributed by atoms with van der Waals surface area (Å²) in [5.41, 5.74) is 0. The summed E-state index contributed by atoms with van der Waals surface area (Å²) in [6.45, 7) is 2.15. The fraction of sp³-hybridized carbons (Fsp3) is 0.769. The number of hydrogen-bond acceptors (Lipinski definition) is 2.